The van der Waals surface area contributed by atoms with Gasteiger partial charge in [0.1, 0.15) is 17.6 Å². The summed E-state index contributed by atoms with van der Waals surface area (Å²) >= 11 is 0. The fourth-order valence-electron chi connectivity index (χ4n) is 2.99. The van der Waals surface area contributed by atoms with E-state index in [-0.39, 0.29) is 11.9 Å². The first-order valence-electron chi connectivity index (χ1n) is 8.52. The molecule has 3 rings (SSSR count). The molecule has 0 spiro atoms. The highest BCUT2D eigenvalue weighted by Gasteiger charge is 2.25. The van der Waals surface area contributed by atoms with Crippen molar-refractivity contribution in [3.8, 4) is 11.5 Å². The Hall–Kier alpha value is -2.74. The van der Waals surface area contributed by atoms with E-state index in [2.05, 4.69) is 20.3 Å². The first-order chi connectivity index (χ1) is 12.6. The van der Waals surface area contributed by atoms with E-state index in [1.807, 2.05) is 25.5 Å². The largest absolute Gasteiger partial charge is 0.508 e. The molecule has 1 aliphatic heterocycles. The molecule has 1 aromatic carbocycles. The number of aryl methyl sites for hydroxylation is 1. The number of phenols is 1. The third-order valence-corrected chi connectivity index (χ3v) is 4.40. The Morgan fingerprint density at radius 2 is 2.35 bits per heavy atom. The Balaban J connectivity index is 1.65. The van der Waals surface area contributed by atoms with Gasteiger partial charge < -0.3 is 24.8 Å². The second-order valence-electron chi connectivity index (χ2n) is 6.15. The molecular formula is C18H25N5O3. The number of ether oxygens (including phenoxy) is 2. The van der Waals surface area contributed by atoms with Crippen molar-refractivity contribution in [2.24, 2.45) is 12.0 Å². The minimum atomic E-state index is -0.0405. The summed E-state index contributed by atoms with van der Waals surface area (Å²) in [5.74, 6) is 1.70. The molecular weight excluding hydrogens is 334 g/mol. The second kappa shape index (κ2) is 8.09. The van der Waals surface area contributed by atoms with Crippen molar-refractivity contribution in [3.63, 3.8) is 0 Å². The number of aliphatic imine (C=N–C) groups is 1. The molecule has 8 heteroatoms. The van der Waals surface area contributed by atoms with Gasteiger partial charge in [0.25, 0.3) is 0 Å². The lowest BCUT2D eigenvalue weighted by Gasteiger charge is -2.34. The molecule has 1 aliphatic rings. The number of guanidine groups is 1. The van der Waals surface area contributed by atoms with E-state index in [4.69, 9.17) is 9.47 Å². The van der Waals surface area contributed by atoms with E-state index in [0.717, 1.165) is 23.6 Å². The van der Waals surface area contributed by atoms with Gasteiger partial charge in [0.2, 0.25) is 0 Å². The van der Waals surface area contributed by atoms with Crippen molar-refractivity contribution >= 4 is 5.96 Å². The number of rotatable bonds is 4. The van der Waals surface area contributed by atoms with Crippen molar-refractivity contribution in [1.29, 1.82) is 0 Å². The van der Waals surface area contributed by atoms with E-state index in [1.54, 1.807) is 31.0 Å². The number of hydrogen-bond acceptors (Lipinski definition) is 5. The van der Waals surface area contributed by atoms with Crippen LogP contribution in [0, 0.1) is 0 Å². The molecule has 1 unspecified atom stereocenters. The summed E-state index contributed by atoms with van der Waals surface area (Å²) in [6.45, 7) is 2.51. The van der Waals surface area contributed by atoms with Crippen LogP contribution in [0.4, 0.5) is 0 Å². The van der Waals surface area contributed by atoms with Crippen LogP contribution in [0.25, 0.3) is 0 Å². The van der Waals surface area contributed by atoms with Crippen LogP contribution in [0.1, 0.15) is 17.2 Å². The molecule has 2 N–H and O–H groups in total. The Morgan fingerprint density at radius 1 is 1.50 bits per heavy atom. The minimum absolute atomic E-state index is 0.0405. The van der Waals surface area contributed by atoms with Crippen molar-refractivity contribution < 1.29 is 14.6 Å². The highest BCUT2D eigenvalue weighted by atomic mass is 16.5. The zero-order valence-electron chi connectivity index (χ0n) is 15.3. The predicted molar refractivity (Wildman–Crippen MR) is 98.3 cm³/mol. The van der Waals surface area contributed by atoms with Crippen molar-refractivity contribution in [3.05, 3.63) is 41.7 Å². The van der Waals surface area contributed by atoms with E-state index in [0.29, 0.717) is 25.4 Å². The summed E-state index contributed by atoms with van der Waals surface area (Å²) in [6.07, 6.45) is 3.76. The van der Waals surface area contributed by atoms with Crippen molar-refractivity contribution in [2.45, 2.75) is 12.6 Å². The van der Waals surface area contributed by atoms with Crippen LogP contribution < -0.4 is 10.1 Å². The van der Waals surface area contributed by atoms with Crippen LogP contribution in [0.3, 0.4) is 0 Å². The quantitative estimate of drug-likeness (QED) is 0.632. The Kier molecular flexibility index (Phi) is 5.62. The summed E-state index contributed by atoms with van der Waals surface area (Å²) in [6, 6.07) is 5.17. The zero-order valence-corrected chi connectivity index (χ0v) is 15.3. The normalized spacial score (nSPS) is 18.0. The molecule has 2 heterocycles. The highest BCUT2D eigenvalue weighted by molar-refractivity contribution is 5.80. The molecule has 0 aliphatic carbocycles. The van der Waals surface area contributed by atoms with E-state index < -0.39 is 0 Å². The first-order valence-corrected chi connectivity index (χ1v) is 8.52. The summed E-state index contributed by atoms with van der Waals surface area (Å²) in [4.78, 5) is 6.53. The van der Waals surface area contributed by atoms with Gasteiger partial charge in [-0.05, 0) is 18.2 Å². The fourth-order valence-corrected chi connectivity index (χ4v) is 2.99. The van der Waals surface area contributed by atoms with Gasteiger partial charge in [0, 0.05) is 44.5 Å². The van der Waals surface area contributed by atoms with Gasteiger partial charge in [0.15, 0.2) is 5.96 Å². The number of phenolic OH excluding ortho intramolecular Hbond substituents is 1. The molecule has 1 atom stereocenters. The van der Waals surface area contributed by atoms with Crippen molar-refractivity contribution in [1.82, 2.24) is 20.0 Å². The molecule has 0 saturated carbocycles. The van der Waals surface area contributed by atoms with E-state index >= 15 is 0 Å². The molecule has 0 radical (unpaired) electrons. The van der Waals surface area contributed by atoms with Gasteiger partial charge in [-0.1, -0.05) is 0 Å². The van der Waals surface area contributed by atoms with E-state index in [9.17, 15) is 5.11 Å². The summed E-state index contributed by atoms with van der Waals surface area (Å²) in [5, 5.41) is 17.6. The number of hydrogen-bond donors (Lipinski definition) is 2. The van der Waals surface area contributed by atoms with Crippen LogP contribution in [0.2, 0.25) is 0 Å². The lowest BCUT2D eigenvalue weighted by Crippen LogP contribution is -2.47. The van der Waals surface area contributed by atoms with Crippen LogP contribution in [0.15, 0.2) is 35.6 Å². The fraction of sp³-hybridized carbons (Fsp3) is 0.444. The number of benzene rings is 1. The van der Waals surface area contributed by atoms with Crippen LogP contribution in [-0.4, -0.2) is 59.6 Å². The van der Waals surface area contributed by atoms with Crippen LogP contribution in [0.5, 0.6) is 11.5 Å². The average molecular weight is 359 g/mol. The highest BCUT2D eigenvalue weighted by Crippen LogP contribution is 2.24. The summed E-state index contributed by atoms with van der Waals surface area (Å²) < 4.78 is 12.9. The molecule has 1 fully saturated rings. The van der Waals surface area contributed by atoms with Gasteiger partial charge in [0.05, 0.1) is 26.5 Å². The number of nitrogens with one attached hydrogen (secondary N) is 1. The van der Waals surface area contributed by atoms with Gasteiger partial charge in [-0.25, -0.2) is 0 Å². The maximum atomic E-state index is 10.0. The SMILES string of the molecule is CN=C(NCc1cc(OC)ccc1O)N1CCOC(c2cnn(C)c2)C1. The first kappa shape index (κ1) is 18.1. The zero-order chi connectivity index (χ0) is 18.5. The molecule has 8 nitrogen and oxygen atoms in total. The van der Waals surface area contributed by atoms with Gasteiger partial charge in [-0.15, -0.1) is 0 Å². The Morgan fingerprint density at radius 3 is 3.04 bits per heavy atom. The number of aromatic hydroxyl groups is 1. The van der Waals surface area contributed by atoms with Gasteiger partial charge in [-0.3, -0.25) is 9.67 Å². The minimum Gasteiger partial charge on any atom is -0.508 e. The van der Waals surface area contributed by atoms with Crippen LogP contribution >= 0.6 is 0 Å². The average Bonchev–Trinajstić information content (AvgIpc) is 3.10. The smallest absolute Gasteiger partial charge is 0.194 e. The van der Waals surface area contributed by atoms with Gasteiger partial charge in [-0.2, -0.15) is 5.10 Å². The third-order valence-electron chi connectivity index (χ3n) is 4.40. The lowest BCUT2D eigenvalue weighted by molar-refractivity contribution is -0.00805. The molecule has 26 heavy (non-hydrogen) atoms. The number of methoxy groups -OCH3 is 1. The van der Waals surface area contributed by atoms with Crippen LogP contribution in [-0.2, 0) is 18.3 Å². The molecule has 1 saturated heterocycles. The number of nitrogens with zero attached hydrogens (tertiary/aromatic N) is 4. The van der Waals surface area contributed by atoms with Crippen molar-refractivity contribution in [2.75, 3.05) is 33.9 Å². The summed E-state index contributed by atoms with van der Waals surface area (Å²) in [7, 11) is 5.25. The topological polar surface area (TPSA) is 84.1 Å². The Bertz CT molecular complexity index is 774. The third kappa shape index (κ3) is 4.08. The summed E-state index contributed by atoms with van der Waals surface area (Å²) in [5.41, 5.74) is 1.81. The monoisotopic (exact) mass is 359 g/mol. The second-order valence-corrected chi connectivity index (χ2v) is 6.15. The predicted octanol–water partition coefficient (Wildman–Crippen LogP) is 1.28. The Labute approximate surface area is 153 Å². The number of morpholine rings is 1. The molecule has 0 amide bonds. The molecule has 140 valence electrons. The molecule has 0 bridgehead atoms. The standard InChI is InChI=1S/C18H25N5O3/c1-19-18(20-9-13-8-15(25-3)4-5-16(13)24)23-6-7-26-17(12-23)14-10-21-22(2)11-14/h4-5,8,10-11,17,24H,6-7,9,12H2,1-3H3,(H,19,20). The number of aromatic nitrogens is 2. The lowest BCUT2D eigenvalue weighted by atomic mass is 10.1. The molecule has 1 aromatic heterocycles. The maximum absolute atomic E-state index is 10.0. The maximum Gasteiger partial charge on any atom is 0.194 e. The molecule has 2 aromatic rings. The van der Waals surface area contributed by atoms with Gasteiger partial charge >= 0.3 is 0 Å². The van der Waals surface area contributed by atoms with E-state index in [1.165, 1.54) is 0 Å².